The Morgan fingerprint density at radius 2 is 1.96 bits per heavy atom. The van der Waals surface area contributed by atoms with Crippen molar-refractivity contribution >= 4 is 5.96 Å². The minimum atomic E-state index is 0.490. The number of hydrogen-bond donors (Lipinski definition) is 2. The van der Waals surface area contributed by atoms with E-state index in [9.17, 15) is 0 Å². The smallest absolute Gasteiger partial charge is 0.226 e. The maximum absolute atomic E-state index is 5.59. The Hall–Kier alpha value is -2.34. The summed E-state index contributed by atoms with van der Waals surface area (Å²) >= 11 is 0. The van der Waals surface area contributed by atoms with Crippen LogP contribution in [0.2, 0.25) is 0 Å². The quantitative estimate of drug-likeness (QED) is 0.538. The molecule has 1 aliphatic rings. The van der Waals surface area contributed by atoms with Gasteiger partial charge in [-0.15, -0.1) is 0 Å². The number of rotatable bonds is 8. The van der Waals surface area contributed by atoms with E-state index >= 15 is 0 Å². The molecule has 0 aliphatic heterocycles. The topological polar surface area (TPSA) is 65.7 Å². The zero-order valence-electron chi connectivity index (χ0n) is 17.2. The van der Waals surface area contributed by atoms with Crippen LogP contribution in [0.5, 0.6) is 0 Å². The Balaban J connectivity index is 1.49. The van der Waals surface area contributed by atoms with E-state index in [1.165, 1.54) is 32.1 Å². The Morgan fingerprint density at radius 1 is 1.18 bits per heavy atom. The van der Waals surface area contributed by atoms with E-state index in [4.69, 9.17) is 4.42 Å². The minimum absolute atomic E-state index is 0.490. The van der Waals surface area contributed by atoms with Gasteiger partial charge in [-0.2, -0.15) is 0 Å². The molecule has 0 atom stereocenters. The molecule has 1 aromatic heterocycles. The zero-order chi connectivity index (χ0) is 19.6. The van der Waals surface area contributed by atoms with Crippen LogP contribution in [0.25, 0.3) is 11.5 Å². The van der Waals surface area contributed by atoms with Gasteiger partial charge in [0, 0.05) is 31.2 Å². The van der Waals surface area contributed by atoms with Gasteiger partial charge in [-0.3, -0.25) is 0 Å². The molecule has 1 aromatic carbocycles. The fourth-order valence-corrected chi connectivity index (χ4v) is 3.65. The van der Waals surface area contributed by atoms with Gasteiger partial charge in [0.2, 0.25) is 5.89 Å². The summed E-state index contributed by atoms with van der Waals surface area (Å²) in [5, 5.41) is 6.74. The second-order valence-electron chi connectivity index (χ2n) is 7.40. The third kappa shape index (κ3) is 6.09. The number of benzene rings is 1. The monoisotopic (exact) mass is 383 g/mol. The summed E-state index contributed by atoms with van der Waals surface area (Å²) in [6, 6.07) is 10.7. The van der Waals surface area contributed by atoms with Crippen LogP contribution < -0.4 is 10.6 Å². The third-order valence-electron chi connectivity index (χ3n) is 5.27. The SMILES string of the molecule is CCNC(=NCc1coc(-c2ccccc2)n1)NCCN(C)C1CCCCC1. The van der Waals surface area contributed by atoms with Crippen LogP contribution in [0.4, 0.5) is 0 Å². The first-order valence-corrected chi connectivity index (χ1v) is 10.5. The van der Waals surface area contributed by atoms with E-state index in [1.807, 2.05) is 30.3 Å². The normalized spacial score (nSPS) is 15.8. The van der Waals surface area contributed by atoms with E-state index in [1.54, 1.807) is 6.26 Å². The molecule has 2 N–H and O–H groups in total. The molecule has 0 radical (unpaired) electrons. The Bertz CT molecular complexity index is 722. The molecule has 0 bridgehead atoms. The highest BCUT2D eigenvalue weighted by Gasteiger charge is 2.17. The first-order valence-electron chi connectivity index (χ1n) is 10.5. The molecule has 3 rings (SSSR count). The molecule has 1 aliphatic carbocycles. The van der Waals surface area contributed by atoms with Crippen molar-refractivity contribution in [2.24, 2.45) is 4.99 Å². The van der Waals surface area contributed by atoms with Crippen molar-refractivity contribution in [1.82, 2.24) is 20.5 Å². The molecule has 0 unspecified atom stereocenters. The lowest BCUT2D eigenvalue weighted by molar-refractivity contribution is 0.194. The number of nitrogens with one attached hydrogen (secondary N) is 2. The molecule has 0 amide bonds. The number of nitrogens with zero attached hydrogens (tertiary/aromatic N) is 3. The predicted molar refractivity (Wildman–Crippen MR) is 114 cm³/mol. The van der Waals surface area contributed by atoms with Gasteiger partial charge in [-0.25, -0.2) is 9.98 Å². The fraction of sp³-hybridized carbons (Fsp3) is 0.545. The highest BCUT2D eigenvalue weighted by Crippen LogP contribution is 2.21. The molecule has 6 heteroatoms. The van der Waals surface area contributed by atoms with Crippen molar-refractivity contribution in [1.29, 1.82) is 0 Å². The van der Waals surface area contributed by atoms with Crippen LogP contribution in [0.15, 0.2) is 46.0 Å². The van der Waals surface area contributed by atoms with Gasteiger partial charge in [0.25, 0.3) is 0 Å². The summed E-state index contributed by atoms with van der Waals surface area (Å²) < 4.78 is 5.59. The van der Waals surface area contributed by atoms with Crippen LogP contribution in [-0.2, 0) is 6.54 Å². The molecule has 1 heterocycles. The summed E-state index contributed by atoms with van der Waals surface area (Å²) in [6.07, 6.45) is 8.49. The fourth-order valence-electron chi connectivity index (χ4n) is 3.65. The number of likely N-dealkylation sites (N-methyl/N-ethyl adjacent to an activating group) is 1. The Kier molecular flexibility index (Phi) is 7.91. The van der Waals surface area contributed by atoms with Gasteiger partial charge in [0.15, 0.2) is 5.96 Å². The Labute approximate surface area is 168 Å². The first-order chi connectivity index (χ1) is 13.8. The minimum Gasteiger partial charge on any atom is -0.444 e. The number of guanidine groups is 1. The summed E-state index contributed by atoms with van der Waals surface area (Å²) in [6.45, 7) is 5.31. The van der Waals surface area contributed by atoms with Crippen molar-refractivity contribution in [3.63, 3.8) is 0 Å². The number of aromatic nitrogens is 1. The van der Waals surface area contributed by atoms with Crippen LogP contribution in [0, 0.1) is 0 Å². The Morgan fingerprint density at radius 3 is 2.71 bits per heavy atom. The summed E-state index contributed by atoms with van der Waals surface area (Å²) in [5.74, 6) is 1.46. The highest BCUT2D eigenvalue weighted by atomic mass is 16.3. The van der Waals surface area contributed by atoms with Crippen LogP contribution in [0.3, 0.4) is 0 Å². The van der Waals surface area contributed by atoms with Crippen molar-refractivity contribution in [3.8, 4) is 11.5 Å². The second kappa shape index (κ2) is 10.9. The zero-order valence-corrected chi connectivity index (χ0v) is 17.2. The molecule has 1 saturated carbocycles. The van der Waals surface area contributed by atoms with Gasteiger partial charge in [0.1, 0.15) is 12.0 Å². The molecule has 2 aromatic rings. The lowest BCUT2D eigenvalue weighted by atomic mass is 9.94. The molecule has 6 nitrogen and oxygen atoms in total. The second-order valence-corrected chi connectivity index (χ2v) is 7.40. The van der Waals surface area contributed by atoms with Crippen molar-refractivity contribution < 1.29 is 4.42 Å². The van der Waals surface area contributed by atoms with E-state index in [0.717, 1.165) is 42.9 Å². The van der Waals surface area contributed by atoms with Gasteiger partial charge in [-0.05, 0) is 38.9 Å². The lowest BCUT2D eigenvalue weighted by Gasteiger charge is -2.31. The average molecular weight is 384 g/mol. The third-order valence-corrected chi connectivity index (χ3v) is 5.27. The lowest BCUT2D eigenvalue weighted by Crippen LogP contribution is -2.43. The molecule has 0 saturated heterocycles. The van der Waals surface area contributed by atoms with Crippen molar-refractivity contribution in [2.45, 2.75) is 51.6 Å². The number of hydrogen-bond acceptors (Lipinski definition) is 4. The van der Waals surface area contributed by atoms with Crippen LogP contribution in [-0.4, -0.2) is 48.6 Å². The molecule has 152 valence electrons. The van der Waals surface area contributed by atoms with Crippen molar-refractivity contribution in [2.75, 3.05) is 26.7 Å². The first kappa shape index (κ1) is 20.4. The number of oxazole rings is 1. The highest BCUT2D eigenvalue weighted by molar-refractivity contribution is 5.79. The summed E-state index contributed by atoms with van der Waals surface area (Å²) in [4.78, 5) is 11.7. The van der Waals surface area contributed by atoms with Crippen molar-refractivity contribution in [3.05, 3.63) is 42.3 Å². The van der Waals surface area contributed by atoms with E-state index in [0.29, 0.717) is 12.4 Å². The average Bonchev–Trinajstić information content (AvgIpc) is 3.22. The van der Waals surface area contributed by atoms with Gasteiger partial charge in [-0.1, -0.05) is 37.5 Å². The molecular weight excluding hydrogens is 350 g/mol. The largest absolute Gasteiger partial charge is 0.444 e. The summed E-state index contributed by atoms with van der Waals surface area (Å²) in [5.41, 5.74) is 1.81. The van der Waals surface area contributed by atoms with E-state index < -0.39 is 0 Å². The van der Waals surface area contributed by atoms with Gasteiger partial charge >= 0.3 is 0 Å². The molecule has 0 spiro atoms. The van der Waals surface area contributed by atoms with Crippen LogP contribution >= 0.6 is 0 Å². The summed E-state index contributed by atoms with van der Waals surface area (Å²) in [7, 11) is 2.24. The van der Waals surface area contributed by atoms with E-state index in [-0.39, 0.29) is 0 Å². The van der Waals surface area contributed by atoms with Gasteiger partial charge < -0.3 is 20.0 Å². The number of aliphatic imine (C=N–C) groups is 1. The molecule has 1 fully saturated rings. The maximum Gasteiger partial charge on any atom is 0.226 e. The maximum atomic E-state index is 5.59. The predicted octanol–water partition coefficient (Wildman–Crippen LogP) is 3.66. The van der Waals surface area contributed by atoms with Gasteiger partial charge in [0.05, 0.1) is 6.54 Å². The molecule has 28 heavy (non-hydrogen) atoms. The van der Waals surface area contributed by atoms with Crippen LogP contribution in [0.1, 0.15) is 44.7 Å². The molecular formula is C22H33N5O. The standard InChI is InChI=1S/C22H33N5O/c1-3-23-22(24-14-15-27(2)20-12-8-5-9-13-20)25-16-19-17-28-21(26-19)18-10-6-4-7-11-18/h4,6-7,10-11,17,20H,3,5,8-9,12-16H2,1-2H3,(H2,23,24,25). The van der Waals surface area contributed by atoms with E-state index in [2.05, 4.69) is 39.5 Å².